The lowest BCUT2D eigenvalue weighted by molar-refractivity contribution is 0.282. The quantitative estimate of drug-likeness (QED) is 0.0779. The lowest BCUT2D eigenvalue weighted by Crippen LogP contribution is -2.15. The lowest BCUT2D eigenvalue weighted by Gasteiger charge is -2.13. The number of halogens is 6. The van der Waals surface area contributed by atoms with E-state index in [1.807, 2.05) is 57.0 Å². The van der Waals surface area contributed by atoms with Crippen LogP contribution in [-0.2, 0) is 6.54 Å². The van der Waals surface area contributed by atoms with Gasteiger partial charge < -0.3 is 33.6 Å². The van der Waals surface area contributed by atoms with Gasteiger partial charge >= 0.3 is 0 Å². The van der Waals surface area contributed by atoms with Crippen LogP contribution >= 0.6 is 69.6 Å². The molecule has 0 bridgehead atoms. The van der Waals surface area contributed by atoms with Gasteiger partial charge in [-0.15, -0.1) is 0 Å². The van der Waals surface area contributed by atoms with Crippen molar-refractivity contribution in [3.8, 4) is 39.8 Å². The van der Waals surface area contributed by atoms with Gasteiger partial charge in [0.1, 0.15) is 39.7 Å². The van der Waals surface area contributed by atoms with E-state index in [4.69, 9.17) is 83.8 Å². The summed E-state index contributed by atoms with van der Waals surface area (Å²) in [6.45, 7) is 3.46. The SMILES string of the molecule is CN(C)CCCOc1cc(-c2nc(Cl)nc3nc[nH]c23)c(Cl)cc1Cl.COc1ccc(Cn2cnc3c(-c4cc(OCCCN(C)C)c(Cl)cc4Cl)nc(Cl)nc32)cc1. The van der Waals surface area contributed by atoms with Crippen LogP contribution in [0, 0.1) is 0 Å². The van der Waals surface area contributed by atoms with Gasteiger partial charge in [0.15, 0.2) is 11.3 Å². The molecule has 0 aliphatic carbocycles. The number of fused-ring (bicyclic) bond motifs is 2. The molecule has 1 N–H and O–H groups in total. The fourth-order valence-corrected chi connectivity index (χ4v) is 7.30. The summed E-state index contributed by atoms with van der Waals surface area (Å²) in [4.78, 5) is 33.1. The second-order valence-corrected chi connectivity index (χ2v) is 16.0. The minimum atomic E-state index is 0.0917. The van der Waals surface area contributed by atoms with Crippen LogP contribution in [0.15, 0.2) is 61.2 Å². The summed E-state index contributed by atoms with van der Waals surface area (Å²) in [7, 11) is 9.71. The Hall–Kier alpha value is -4.18. The molecule has 13 nitrogen and oxygen atoms in total. The van der Waals surface area contributed by atoms with Crippen LogP contribution < -0.4 is 14.2 Å². The van der Waals surface area contributed by atoms with Gasteiger partial charge in [-0.25, -0.2) is 19.9 Å². The third kappa shape index (κ3) is 11.4. The molecule has 7 rings (SSSR count). The molecule has 0 aliphatic heterocycles. The van der Waals surface area contributed by atoms with Crippen LogP contribution in [0.4, 0.5) is 0 Å². The highest BCUT2D eigenvalue weighted by Gasteiger charge is 2.20. The maximum Gasteiger partial charge on any atom is 0.225 e. The van der Waals surface area contributed by atoms with E-state index < -0.39 is 0 Å². The second kappa shape index (κ2) is 20.4. The van der Waals surface area contributed by atoms with Crippen molar-refractivity contribution in [2.75, 3.05) is 61.6 Å². The molecular weight excluding hydrogens is 881 g/mol. The van der Waals surface area contributed by atoms with Crippen molar-refractivity contribution in [1.82, 2.24) is 49.3 Å². The summed E-state index contributed by atoms with van der Waals surface area (Å²) in [5.41, 5.74) is 5.70. The summed E-state index contributed by atoms with van der Waals surface area (Å²) in [6.07, 6.45) is 4.99. The third-order valence-electron chi connectivity index (χ3n) is 8.77. The van der Waals surface area contributed by atoms with Gasteiger partial charge in [-0.3, -0.25) is 0 Å². The summed E-state index contributed by atoms with van der Waals surface area (Å²) in [5, 5.41) is 1.93. The maximum absolute atomic E-state index is 6.56. The van der Waals surface area contributed by atoms with E-state index in [1.165, 1.54) is 6.33 Å². The van der Waals surface area contributed by atoms with Gasteiger partial charge in [-0.1, -0.05) is 58.5 Å². The van der Waals surface area contributed by atoms with E-state index in [-0.39, 0.29) is 10.6 Å². The van der Waals surface area contributed by atoms with Crippen LogP contribution in [-0.4, -0.2) is 111 Å². The molecule has 0 saturated carbocycles. The van der Waals surface area contributed by atoms with E-state index in [0.717, 1.165) is 37.2 Å². The molecular formula is C40H40Cl6N10O3. The summed E-state index contributed by atoms with van der Waals surface area (Å²) in [5.74, 6) is 1.87. The zero-order valence-electron chi connectivity index (χ0n) is 32.7. The predicted octanol–water partition coefficient (Wildman–Crippen LogP) is 10.2. The number of benzene rings is 3. The lowest BCUT2D eigenvalue weighted by atomic mass is 10.1. The average Bonchev–Trinajstić information content (AvgIpc) is 3.83. The van der Waals surface area contributed by atoms with Gasteiger partial charge in [0.05, 0.1) is 59.6 Å². The fraction of sp³-hybridized carbons (Fsp3) is 0.300. The van der Waals surface area contributed by atoms with Gasteiger partial charge in [0, 0.05) is 24.2 Å². The van der Waals surface area contributed by atoms with Crippen LogP contribution in [0.5, 0.6) is 17.2 Å². The number of nitrogens with zero attached hydrogens (tertiary/aromatic N) is 9. The Kier molecular flexibility index (Phi) is 15.3. The van der Waals surface area contributed by atoms with Crippen LogP contribution in [0.1, 0.15) is 18.4 Å². The number of ether oxygens (including phenoxy) is 3. The smallest absolute Gasteiger partial charge is 0.225 e. The standard InChI is InChI=1S/C24H24Cl3N5O2.C16H16Cl3N5O/c1-31(2)9-4-10-34-20-11-17(18(25)12-19(20)26)21-22-23(30-24(27)29-21)32(14-28-22)13-15-5-7-16(33-3)8-6-15;1-24(2)4-3-5-25-12-6-9(10(17)7-11(12)18)13-14-15(21-8-20-14)23-16(19)22-13/h5-8,11-12,14H,4,9-10,13H2,1-3H3;6-8H,3-5H2,1-2H3,(H,20,21,22,23). The fourth-order valence-electron chi connectivity index (χ4n) is 5.92. The molecule has 0 amide bonds. The molecule has 0 saturated heterocycles. The molecule has 0 aliphatic rings. The number of hydrogen-bond acceptors (Lipinski definition) is 11. The Morgan fingerprint density at radius 3 is 1.80 bits per heavy atom. The van der Waals surface area contributed by atoms with Crippen LogP contribution in [0.25, 0.3) is 44.8 Å². The van der Waals surface area contributed by atoms with Gasteiger partial charge in [-0.2, -0.15) is 9.97 Å². The minimum absolute atomic E-state index is 0.0917. The molecule has 0 spiro atoms. The number of rotatable bonds is 15. The molecule has 310 valence electrons. The maximum atomic E-state index is 6.56. The molecule has 3 aromatic carbocycles. The summed E-state index contributed by atoms with van der Waals surface area (Å²) in [6, 6.07) is 14.6. The van der Waals surface area contributed by atoms with Gasteiger partial charge in [0.25, 0.3) is 0 Å². The first-order valence-electron chi connectivity index (χ1n) is 18.2. The first kappa shape index (κ1) is 44.4. The minimum Gasteiger partial charge on any atom is -0.497 e. The molecule has 59 heavy (non-hydrogen) atoms. The number of H-pyrrole nitrogens is 1. The topological polar surface area (TPSA) is 132 Å². The monoisotopic (exact) mass is 918 g/mol. The molecule has 19 heteroatoms. The van der Waals surface area contributed by atoms with Gasteiger partial charge in [-0.05, 0) is 106 Å². The van der Waals surface area contributed by atoms with Crippen molar-refractivity contribution in [3.63, 3.8) is 0 Å². The molecule has 0 fully saturated rings. The molecule has 0 radical (unpaired) electrons. The van der Waals surface area contributed by atoms with Gasteiger partial charge in [0.2, 0.25) is 10.6 Å². The van der Waals surface area contributed by atoms with E-state index in [0.29, 0.717) is 96.2 Å². The van der Waals surface area contributed by atoms with Crippen LogP contribution in [0.3, 0.4) is 0 Å². The second-order valence-electron chi connectivity index (χ2n) is 13.7. The zero-order valence-corrected chi connectivity index (χ0v) is 37.3. The Morgan fingerprint density at radius 1 is 0.661 bits per heavy atom. The number of imidazole rings is 2. The van der Waals surface area contributed by atoms with E-state index in [1.54, 1.807) is 37.7 Å². The Bertz CT molecular complexity index is 2530. The Morgan fingerprint density at radius 2 is 1.22 bits per heavy atom. The van der Waals surface area contributed by atoms with Crippen LogP contribution in [0.2, 0.25) is 30.7 Å². The van der Waals surface area contributed by atoms with E-state index >= 15 is 0 Å². The Balaban J connectivity index is 0.000000208. The average molecular weight is 922 g/mol. The number of hydrogen-bond donors (Lipinski definition) is 1. The first-order chi connectivity index (χ1) is 28.3. The summed E-state index contributed by atoms with van der Waals surface area (Å²) >= 11 is 37.9. The van der Waals surface area contributed by atoms with Crippen molar-refractivity contribution in [3.05, 3.63) is 97.4 Å². The first-order valence-corrected chi connectivity index (χ1v) is 20.5. The van der Waals surface area contributed by atoms with E-state index in [2.05, 4.69) is 44.7 Å². The summed E-state index contributed by atoms with van der Waals surface area (Å²) < 4.78 is 18.9. The number of methoxy groups -OCH3 is 1. The van der Waals surface area contributed by atoms with E-state index in [9.17, 15) is 0 Å². The predicted molar refractivity (Wildman–Crippen MR) is 237 cm³/mol. The molecule has 4 aromatic heterocycles. The van der Waals surface area contributed by atoms with Crippen molar-refractivity contribution >= 4 is 91.9 Å². The normalized spacial score (nSPS) is 11.4. The zero-order chi connectivity index (χ0) is 42.2. The van der Waals surface area contributed by atoms with Crippen molar-refractivity contribution in [2.24, 2.45) is 0 Å². The molecule has 7 aromatic rings. The highest BCUT2D eigenvalue weighted by Crippen LogP contribution is 2.40. The highest BCUT2D eigenvalue weighted by atomic mass is 35.5. The van der Waals surface area contributed by atoms with Crippen molar-refractivity contribution < 1.29 is 14.2 Å². The Labute approximate surface area is 371 Å². The molecule has 4 heterocycles. The third-order valence-corrected chi connectivity index (χ3v) is 10.3. The number of aromatic amines is 1. The highest BCUT2D eigenvalue weighted by molar-refractivity contribution is 6.38. The number of aromatic nitrogens is 8. The largest absolute Gasteiger partial charge is 0.497 e. The van der Waals surface area contributed by atoms with Crippen molar-refractivity contribution in [2.45, 2.75) is 19.4 Å². The number of nitrogens with one attached hydrogen (secondary N) is 1. The molecule has 0 atom stereocenters. The van der Waals surface area contributed by atoms with Crippen molar-refractivity contribution in [1.29, 1.82) is 0 Å². The molecule has 0 unspecified atom stereocenters.